The molecule has 3 aliphatic rings. The van der Waals surface area contributed by atoms with E-state index in [9.17, 15) is 0 Å². The Kier molecular flexibility index (Phi) is 3.18. The zero-order chi connectivity index (χ0) is 10.8. The standard InChI is InChI=1S/C13H25N3/c1-2-10-15(9-1)13(5-7-14-8-6-13)16-11-3-4-12-16/h14H,1-12H2. The van der Waals surface area contributed by atoms with Crippen LogP contribution in [0.25, 0.3) is 0 Å². The number of piperidine rings is 1. The molecule has 0 bridgehead atoms. The van der Waals surface area contributed by atoms with Crippen LogP contribution < -0.4 is 5.32 Å². The van der Waals surface area contributed by atoms with E-state index in [0.717, 1.165) is 0 Å². The third kappa shape index (κ3) is 1.79. The van der Waals surface area contributed by atoms with Crippen LogP contribution in [0.1, 0.15) is 38.5 Å². The number of likely N-dealkylation sites (tertiary alicyclic amines) is 2. The van der Waals surface area contributed by atoms with E-state index >= 15 is 0 Å². The Morgan fingerprint density at radius 1 is 0.688 bits per heavy atom. The van der Waals surface area contributed by atoms with E-state index in [1.54, 1.807) is 0 Å². The van der Waals surface area contributed by atoms with E-state index < -0.39 is 0 Å². The van der Waals surface area contributed by atoms with Crippen LogP contribution in [0, 0.1) is 0 Å². The molecule has 3 heterocycles. The molecule has 0 aromatic carbocycles. The van der Waals surface area contributed by atoms with E-state index in [0.29, 0.717) is 5.66 Å². The summed E-state index contributed by atoms with van der Waals surface area (Å²) in [4.78, 5) is 5.61. The minimum atomic E-state index is 0.443. The fourth-order valence-electron chi connectivity index (χ4n) is 3.93. The van der Waals surface area contributed by atoms with Crippen molar-refractivity contribution >= 4 is 0 Å². The summed E-state index contributed by atoms with van der Waals surface area (Å²) in [6.07, 6.45) is 8.36. The second kappa shape index (κ2) is 4.63. The molecule has 0 aromatic rings. The van der Waals surface area contributed by atoms with Gasteiger partial charge in [-0.25, -0.2) is 0 Å². The maximum atomic E-state index is 3.53. The average Bonchev–Trinajstić information content (AvgIpc) is 3.04. The molecule has 0 amide bonds. The molecule has 0 aromatic heterocycles. The highest BCUT2D eigenvalue weighted by atomic mass is 15.4. The van der Waals surface area contributed by atoms with E-state index in [-0.39, 0.29) is 0 Å². The molecular weight excluding hydrogens is 198 g/mol. The predicted octanol–water partition coefficient (Wildman–Crippen LogP) is 1.26. The second-order valence-corrected chi connectivity index (χ2v) is 5.62. The highest BCUT2D eigenvalue weighted by molar-refractivity contribution is 4.97. The zero-order valence-electron chi connectivity index (χ0n) is 10.4. The number of hydrogen-bond acceptors (Lipinski definition) is 3. The van der Waals surface area contributed by atoms with E-state index in [1.807, 2.05) is 0 Å². The minimum Gasteiger partial charge on any atom is -0.316 e. The largest absolute Gasteiger partial charge is 0.316 e. The summed E-state index contributed by atoms with van der Waals surface area (Å²) in [7, 11) is 0. The molecule has 0 saturated carbocycles. The van der Waals surface area contributed by atoms with Gasteiger partial charge in [0.15, 0.2) is 0 Å². The van der Waals surface area contributed by atoms with Crippen molar-refractivity contribution in [3.05, 3.63) is 0 Å². The van der Waals surface area contributed by atoms with Crippen molar-refractivity contribution in [2.45, 2.75) is 44.2 Å². The second-order valence-electron chi connectivity index (χ2n) is 5.62. The molecule has 3 nitrogen and oxygen atoms in total. The molecule has 0 spiro atoms. The number of nitrogens with zero attached hydrogens (tertiary/aromatic N) is 2. The molecule has 16 heavy (non-hydrogen) atoms. The van der Waals surface area contributed by atoms with Crippen molar-refractivity contribution in [2.24, 2.45) is 0 Å². The first-order valence-corrected chi connectivity index (χ1v) is 7.13. The summed E-state index contributed by atoms with van der Waals surface area (Å²) in [5.41, 5.74) is 0.443. The highest BCUT2D eigenvalue weighted by Gasteiger charge is 2.44. The van der Waals surface area contributed by atoms with Gasteiger partial charge in [0, 0.05) is 0 Å². The Hall–Kier alpha value is -0.120. The minimum absolute atomic E-state index is 0.443. The molecule has 0 radical (unpaired) electrons. The molecular formula is C13H25N3. The van der Waals surface area contributed by atoms with E-state index in [4.69, 9.17) is 0 Å². The topological polar surface area (TPSA) is 18.5 Å². The molecule has 3 heteroatoms. The molecule has 1 N–H and O–H groups in total. The maximum absolute atomic E-state index is 3.53. The predicted molar refractivity (Wildman–Crippen MR) is 66.4 cm³/mol. The molecule has 0 atom stereocenters. The summed E-state index contributed by atoms with van der Waals surface area (Å²) in [5.74, 6) is 0. The Bertz CT molecular complexity index is 205. The van der Waals surface area contributed by atoms with Crippen LogP contribution in [0.2, 0.25) is 0 Å². The summed E-state index contributed by atoms with van der Waals surface area (Å²) < 4.78 is 0. The smallest absolute Gasteiger partial charge is 0.0762 e. The van der Waals surface area contributed by atoms with Crippen LogP contribution >= 0.6 is 0 Å². The van der Waals surface area contributed by atoms with Gasteiger partial charge in [-0.1, -0.05) is 0 Å². The lowest BCUT2D eigenvalue weighted by Gasteiger charge is -2.51. The van der Waals surface area contributed by atoms with E-state index in [1.165, 1.54) is 77.8 Å². The summed E-state index contributed by atoms with van der Waals surface area (Å²) in [5, 5.41) is 3.53. The van der Waals surface area contributed by atoms with Crippen molar-refractivity contribution in [2.75, 3.05) is 39.3 Å². The third-order valence-corrected chi connectivity index (χ3v) is 4.79. The summed E-state index contributed by atoms with van der Waals surface area (Å²) in [6, 6.07) is 0. The van der Waals surface area contributed by atoms with Crippen LogP contribution in [-0.2, 0) is 0 Å². The lowest BCUT2D eigenvalue weighted by Crippen LogP contribution is -2.63. The monoisotopic (exact) mass is 223 g/mol. The van der Waals surface area contributed by atoms with Gasteiger partial charge in [-0.15, -0.1) is 0 Å². The molecule has 0 unspecified atom stereocenters. The van der Waals surface area contributed by atoms with Crippen LogP contribution in [0.15, 0.2) is 0 Å². The number of hydrogen-bond donors (Lipinski definition) is 1. The normalized spacial score (nSPS) is 32.2. The number of rotatable bonds is 2. The van der Waals surface area contributed by atoms with Gasteiger partial charge >= 0.3 is 0 Å². The molecule has 92 valence electrons. The Morgan fingerprint density at radius 2 is 1.12 bits per heavy atom. The average molecular weight is 223 g/mol. The van der Waals surface area contributed by atoms with Crippen LogP contribution in [0.5, 0.6) is 0 Å². The van der Waals surface area contributed by atoms with Crippen molar-refractivity contribution < 1.29 is 0 Å². The van der Waals surface area contributed by atoms with Gasteiger partial charge in [0.05, 0.1) is 5.66 Å². The fourth-order valence-corrected chi connectivity index (χ4v) is 3.93. The molecule has 3 rings (SSSR count). The van der Waals surface area contributed by atoms with Gasteiger partial charge in [-0.3, -0.25) is 9.80 Å². The van der Waals surface area contributed by atoms with Crippen molar-refractivity contribution in [3.63, 3.8) is 0 Å². The van der Waals surface area contributed by atoms with Gasteiger partial charge in [0.1, 0.15) is 0 Å². The van der Waals surface area contributed by atoms with Crippen LogP contribution in [0.4, 0.5) is 0 Å². The van der Waals surface area contributed by atoms with Crippen molar-refractivity contribution in [1.82, 2.24) is 15.1 Å². The van der Waals surface area contributed by atoms with Gasteiger partial charge < -0.3 is 5.32 Å². The third-order valence-electron chi connectivity index (χ3n) is 4.79. The Balaban J connectivity index is 1.79. The highest BCUT2D eigenvalue weighted by Crippen LogP contribution is 2.35. The molecule has 0 aliphatic carbocycles. The van der Waals surface area contributed by atoms with Gasteiger partial charge in [0.2, 0.25) is 0 Å². The SMILES string of the molecule is C1CCN(C2(N3CCCC3)CCNCC2)C1. The first kappa shape index (κ1) is 11.0. The summed E-state index contributed by atoms with van der Waals surface area (Å²) in [6.45, 7) is 7.81. The quantitative estimate of drug-likeness (QED) is 0.760. The van der Waals surface area contributed by atoms with Gasteiger partial charge in [0.25, 0.3) is 0 Å². The van der Waals surface area contributed by atoms with Crippen LogP contribution in [0.3, 0.4) is 0 Å². The fraction of sp³-hybridized carbons (Fsp3) is 1.00. The lowest BCUT2D eigenvalue weighted by molar-refractivity contribution is -0.0564. The van der Waals surface area contributed by atoms with Crippen molar-refractivity contribution in [1.29, 1.82) is 0 Å². The molecule has 3 fully saturated rings. The van der Waals surface area contributed by atoms with Crippen molar-refractivity contribution in [3.8, 4) is 0 Å². The maximum Gasteiger partial charge on any atom is 0.0762 e. The molecule has 3 saturated heterocycles. The molecule has 3 aliphatic heterocycles. The summed E-state index contributed by atoms with van der Waals surface area (Å²) >= 11 is 0. The van der Waals surface area contributed by atoms with Crippen LogP contribution in [-0.4, -0.2) is 54.7 Å². The Morgan fingerprint density at radius 3 is 1.56 bits per heavy atom. The van der Waals surface area contributed by atoms with E-state index in [2.05, 4.69) is 15.1 Å². The first-order valence-electron chi connectivity index (χ1n) is 7.13. The first-order chi connectivity index (χ1) is 7.92. The van der Waals surface area contributed by atoms with Gasteiger partial charge in [-0.05, 0) is 77.8 Å². The zero-order valence-corrected chi connectivity index (χ0v) is 10.4. The number of nitrogens with one attached hydrogen (secondary N) is 1. The lowest BCUT2D eigenvalue weighted by atomic mass is 9.94. The van der Waals surface area contributed by atoms with Gasteiger partial charge in [-0.2, -0.15) is 0 Å². The Labute approximate surface area is 99.2 Å².